The first kappa shape index (κ1) is 11.4. The first-order chi connectivity index (χ1) is 8.22. The fourth-order valence-corrected chi connectivity index (χ4v) is 3.44. The van der Waals surface area contributed by atoms with Crippen LogP contribution in [0.5, 0.6) is 5.75 Å². The SMILES string of the molecule is Clc1ccc2c(c1)NC(c1ccc(Br)s1)CO2. The Hall–Kier alpha value is -0.710. The van der Waals surface area contributed by atoms with Gasteiger partial charge in [-0.25, -0.2) is 0 Å². The normalized spacial score (nSPS) is 18.1. The number of nitrogens with one attached hydrogen (secondary N) is 1. The predicted octanol–water partition coefficient (Wildman–Crippen LogP) is 4.71. The van der Waals surface area contributed by atoms with Gasteiger partial charge in [-0.05, 0) is 46.3 Å². The van der Waals surface area contributed by atoms with E-state index in [1.807, 2.05) is 18.2 Å². The van der Waals surface area contributed by atoms with Gasteiger partial charge in [0.2, 0.25) is 0 Å². The molecule has 0 fully saturated rings. The van der Waals surface area contributed by atoms with E-state index >= 15 is 0 Å². The van der Waals surface area contributed by atoms with Crippen molar-refractivity contribution in [2.45, 2.75) is 6.04 Å². The van der Waals surface area contributed by atoms with Crippen LogP contribution in [0.3, 0.4) is 0 Å². The van der Waals surface area contributed by atoms with Crippen LogP contribution >= 0.6 is 38.9 Å². The van der Waals surface area contributed by atoms with Gasteiger partial charge in [0, 0.05) is 9.90 Å². The lowest BCUT2D eigenvalue weighted by Crippen LogP contribution is -2.23. The number of fused-ring (bicyclic) bond motifs is 1. The third-order valence-corrected chi connectivity index (χ3v) is 4.59. The molecule has 1 aliphatic heterocycles. The number of hydrogen-bond donors (Lipinski definition) is 1. The van der Waals surface area contributed by atoms with Crippen LogP contribution in [-0.2, 0) is 0 Å². The van der Waals surface area contributed by atoms with E-state index in [9.17, 15) is 0 Å². The molecule has 1 aromatic carbocycles. The van der Waals surface area contributed by atoms with Crippen LogP contribution in [0.15, 0.2) is 34.1 Å². The Morgan fingerprint density at radius 1 is 1.35 bits per heavy atom. The molecule has 3 rings (SSSR count). The van der Waals surface area contributed by atoms with Crippen LogP contribution in [0, 0.1) is 0 Å². The van der Waals surface area contributed by atoms with Gasteiger partial charge in [0.1, 0.15) is 12.4 Å². The van der Waals surface area contributed by atoms with E-state index in [2.05, 4.69) is 33.4 Å². The average Bonchev–Trinajstić information content (AvgIpc) is 2.75. The van der Waals surface area contributed by atoms with Crippen LogP contribution < -0.4 is 10.1 Å². The molecule has 2 heterocycles. The van der Waals surface area contributed by atoms with Crippen molar-refractivity contribution < 1.29 is 4.74 Å². The molecular formula is C12H9BrClNOS. The molecule has 17 heavy (non-hydrogen) atoms. The first-order valence-electron chi connectivity index (χ1n) is 5.16. The Morgan fingerprint density at radius 3 is 3.00 bits per heavy atom. The summed E-state index contributed by atoms with van der Waals surface area (Å²) in [6.07, 6.45) is 0. The van der Waals surface area contributed by atoms with Crippen molar-refractivity contribution in [2.24, 2.45) is 0 Å². The van der Waals surface area contributed by atoms with Crippen molar-refractivity contribution in [1.82, 2.24) is 0 Å². The van der Waals surface area contributed by atoms with Gasteiger partial charge < -0.3 is 10.1 Å². The monoisotopic (exact) mass is 329 g/mol. The molecule has 0 radical (unpaired) electrons. The molecule has 2 aromatic rings. The fourth-order valence-electron chi connectivity index (χ4n) is 1.81. The lowest BCUT2D eigenvalue weighted by molar-refractivity contribution is 0.288. The average molecular weight is 331 g/mol. The lowest BCUT2D eigenvalue weighted by atomic mass is 10.2. The second-order valence-electron chi connectivity index (χ2n) is 3.79. The zero-order valence-electron chi connectivity index (χ0n) is 8.74. The summed E-state index contributed by atoms with van der Waals surface area (Å²) in [6.45, 7) is 0.640. The van der Waals surface area contributed by atoms with E-state index in [0.29, 0.717) is 11.6 Å². The van der Waals surface area contributed by atoms with Gasteiger partial charge in [-0.3, -0.25) is 0 Å². The molecule has 2 nitrogen and oxygen atoms in total. The maximum Gasteiger partial charge on any atom is 0.142 e. The summed E-state index contributed by atoms with van der Waals surface area (Å²) in [5.41, 5.74) is 0.957. The Morgan fingerprint density at radius 2 is 2.24 bits per heavy atom. The maximum absolute atomic E-state index is 5.97. The molecule has 0 saturated carbocycles. The third-order valence-electron chi connectivity index (χ3n) is 2.61. The summed E-state index contributed by atoms with van der Waals surface area (Å²) >= 11 is 11.2. The molecule has 1 unspecified atom stereocenters. The Labute approximate surface area is 117 Å². The zero-order valence-corrected chi connectivity index (χ0v) is 11.9. The van der Waals surface area contributed by atoms with Gasteiger partial charge >= 0.3 is 0 Å². The molecule has 1 atom stereocenters. The molecule has 0 aliphatic carbocycles. The highest BCUT2D eigenvalue weighted by Crippen LogP contribution is 2.37. The Bertz CT molecular complexity index is 557. The van der Waals surface area contributed by atoms with Crippen molar-refractivity contribution >= 4 is 44.6 Å². The second kappa shape index (κ2) is 4.52. The summed E-state index contributed by atoms with van der Waals surface area (Å²) in [5.74, 6) is 0.862. The van der Waals surface area contributed by atoms with E-state index < -0.39 is 0 Å². The van der Waals surface area contributed by atoms with Crippen molar-refractivity contribution in [3.63, 3.8) is 0 Å². The van der Waals surface area contributed by atoms with Crippen LogP contribution in [0.25, 0.3) is 0 Å². The number of ether oxygens (including phenoxy) is 1. The van der Waals surface area contributed by atoms with Gasteiger partial charge in [-0.2, -0.15) is 0 Å². The van der Waals surface area contributed by atoms with Crippen LogP contribution in [0.2, 0.25) is 5.02 Å². The smallest absolute Gasteiger partial charge is 0.142 e. The molecule has 88 valence electrons. The Balaban J connectivity index is 1.89. The minimum absolute atomic E-state index is 0.192. The topological polar surface area (TPSA) is 21.3 Å². The highest BCUT2D eigenvalue weighted by molar-refractivity contribution is 9.11. The second-order valence-corrected chi connectivity index (χ2v) is 6.72. The fraction of sp³-hybridized carbons (Fsp3) is 0.167. The molecule has 0 spiro atoms. The van der Waals surface area contributed by atoms with Gasteiger partial charge in [0.15, 0.2) is 0 Å². The number of halogens is 2. The van der Waals surface area contributed by atoms with Gasteiger partial charge in [0.05, 0.1) is 15.5 Å². The molecule has 1 aliphatic rings. The van der Waals surface area contributed by atoms with E-state index in [1.54, 1.807) is 11.3 Å². The standard InChI is InChI=1S/C12H9BrClNOS/c13-12-4-3-11(17-12)9-6-16-10-2-1-7(14)5-8(10)15-9/h1-5,9,15H,6H2. The molecule has 0 amide bonds. The number of thiophene rings is 1. The van der Waals surface area contributed by atoms with Crippen molar-refractivity contribution in [2.75, 3.05) is 11.9 Å². The summed E-state index contributed by atoms with van der Waals surface area (Å²) < 4.78 is 6.86. The van der Waals surface area contributed by atoms with Crippen LogP contribution in [-0.4, -0.2) is 6.61 Å². The van der Waals surface area contributed by atoms with E-state index in [-0.39, 0.29) is 6.04 Å². The van der Waals surface area contributed by atoms with Gasteiger partial charge in [-0.1, -0.05) is 11.6 Å². The predicted molar refractivity (Wildman–Crippen MR) is 75.3 cm³/mol. The molecule has 0 bridgehead atoms. The minimum Gasteiger partial charge on any atom is -0.489 e. The van der Waals surface area contributed by atoms with E-state index in [1.165, 1.54) is 4.88 Å². The molecule has 5 heteroatoms. The largest absolute Gasteiger partial charge is 0.489 e. The summed E-state index contributed by atoms with van der Waals surface area (Å²) in [7, 11) is 0. The summed E-state index contributed by atoms with van der Waals surface area (Å²) in [6, 6.07) is 9.97. The molecule has 1 aromatic heterocycles. The summed E-state index contributed by atoms with van der Waals surface area (Å²) in [5, 5.41) is 4.16. The molecule has 1 N–H and O–H groups in total. The molecule has 0 saturated heterocycles. The number of benzene rings is 1. The highest BCUT2D eigenvalue weighted by Gasteiger charge is 2.21. The minimum atomic E-state index is 0.192. The van der Waals surface area contributed by atoms with E-state index in [4.69, 9.17) is 16.3 Å². The zero-order chi connectivity index (χ0) is 11.8. The number of anilines is 1. The van der Waals surface area contributed by atoms with Crippen molar-refractivity contribution in [1.29, 1.82) is 0 Å². The highest BCUT2D eigenvalue weighted by atomic mass is 79.9. The number of hydrogen-bond acceptors (Lipinski definition) is 3. The van der Waals surface area contributed by atoms with Crippen molar-refractivity contribution in [3.05, 3.63) is 44.0 Å². The Kier molecular flexibility index (Phi) is 3.03. The summed E-state index contributed by atoms with van der Waals surface area (Å²) in [4.78, 5) is 1.25. The van der Waals surface area contributed by atoms with Crippen LogP contribution in [0.1, 0.15) is 10.9 Å². The van der Waals surface area contributed by atoms with Crippen molar-refractivity contribution in [3.8, 4) is 5.75 Å². The van der Waals surface area contributed by atoms with Crippen LogP contribution in [0.4, 0.5) is 5.69 Å². The third kappa shape index (κ3) is 2.30. The first-order valence-corrected chi connectivity index (χ1v) is 7.15. The quantitative estimate of drug-likeness (QED) is 0.817. The van der Waals surface area contributed by atoms with Gasteiger partial charge in [-0.15, -0.1) is 11.3 Å². The number of rotatable bonds is 1. The maximum atomic E-state index is 5.97. The van der Waals surface area contributed by atoms with Gasteiger partial charge in [0.25, 0.3) is 0 Å². The lowest BCUT2D eigenvalue weighted by Gasteiger charge is -2.26. The van der Waals surface area contributed by atoms with E-state index in [0.717, 1.165) is 15.2 Å². The molecular weight excluding hydrogens is 322 g/mol.